The summed E-state index contributed by atoms with van der Waals surface area (Å²) in [5, 5.41) is 20.7. The molecule has 25 heavy (non-hydrogen) atoms. The van der Waals surface area contributed by atoms with Crippen LogP contribution in [0.4, 0.5) is 5.69 Å². The number of hydrogen-bond donors (Lipinski definition) is 0. The van der Waals surface area contributed by atoms with Crippen LogP contribution >= 0.6 is 0 Å². The molecule has 0 N–H and O–H groups in total. The van der Waals surface area contributed by atoms with Gasteiger partial charge in [-0.2, -0.15) is 5.26 Å². The predicted molar refractivity (Wildman–Crippen MR) is 93.8 cm³/mol. The van der Waals surface area contributed by atoms with Gasteiger partial charge in [0.1, 0.15) is 6.07 Å². The Morgan fingerprint density at radius 3 is 2.76 bits per heavy atom. The van der Waals surface area contributed by atoms with E-state index in [2.05, 4.69) is 11.1 Å². The normalized spacial score (nSPS) is 11.3. The number of fused-ring (bicyclic) bond motifs is 1. The number of imidazole rings is 1. The Kier molecular flexibility index (Phi) is 4.18. The quantitative estimate of drug-likeness (QED) is 0.413. The maximum atomic E-state index is 11.2. The number of hydrogen-bond acceptors (Lipinski definition) is 5. The number of para-hydroxylation sites is 2. The summed E-state index contributed by atoms with van der Waals surface area (Å²) in [5.74, 6) is 0.672. The molecule has 0 spiro atoms. The van der Waals surface area contributed by atoms with Gasteiger partial charge in [-0.25, -0.2) is 4.98 Å². The molecule has 0 saturated carbocycles. The Bertz CT molecular complexity index is 1040. The van der Waals surface area contributed by atoms with Crippen LogP contribution in [0.2, 0.25) is 0 Å². The van der Waals surface area contributed by atoms with Crippen LogP contribution in [0.1, 0.15) is 11.4 Å². The van der Waals surface area contributed by atoms with Crippen molar-refractivity contribution in [2.45, 2.75) is 0 Å². The molecule has 1 heterocycles. The van der Waals surface area contributed by atoms with Crippen LogP contribution in [-0.2, 0) is 7.05 Å². The SMILES string of the molecule is COc1ccc(/C=C(\C#N)c2nc3ccccc3n2C)cc1[N+](=O)[O-]. The molecule has 0 fully saturated rings. The van der Waals surface area contributed by atoms with Gasteiger partial charge in [0.25, 0.3) is 0 Å². The summed E-state index contributed by atoms with van der Waals surface area (Å²) in [4.78, 5) is 15.1. The van der Waals surface area contributed by atoms with E-state index in [0.717, 1.165) is 11.0 Å². The fraction of sp³-hybridized carbons (Fsp3) is 0.111. The van der Waals surface area contributed by atoms with Crippen molar-refractivity contribution in [1.82, 2.24) is 9.55 Å². The maximum Gasteiger partial charge on any atom is 0.311 e. The molecule has 0 aliphatic carbocycles. The van der Waals surface area contributed by atoms with Gasteiger partial charge in [0.05, 0.1) is 28.6 Å². The zero-order valence-electron chi connectivity index (χ0n) is 13.6. The molecular weight excluding hydrogens is 320 g/mol. The average Bonchev–Trinajstić information content (AvgIpc) is 2.96. The van der Waals surface area contributed by atoms with E-state index in [1.165, 1.54) is 19.2 Å². The third kappa shape index (κ3) is 2.93. The van der Waals surface area contributed by atoms with Crippen molar-refractivity contribution in [3.63, 3.8) is 0 Å². The summed E-state index contributed by atoms with van der Waals surface area (Å²) in [5.41, 5.74) is 2.37. The molecule has 0 aliphatic rings. The summed E-state index contributed by atoms with van der Waals surface area (Å²) < 4.78 is 6.81. The number of nitriles is 1. The third-order valence-corrected chi connectivity index (χ3v) is 3.86. The van der Waals surface area contributed by atoms with Crippen molar-refractivity contribution in [3.8, 4) is 11.8 Å². The van der Waals surface area contributed by atoms with Crippen LogP contribution < -0.4 is 4.74 Å². The van der Waals surface area contributed by atoms with Gasteiger partial charge in [-0.05, 0) is 29.8 Å². The van der Waals surface area contributed by atoms with Crippen molar-refractivity contribution in [2.75, 3.05) is 7.11 Å². The van der Waals surface area contributed by atoms with E-state index in [-0.39, 0.29) is 11.4 Å². The van der Waals surface area contributed by atoms with E-state index in [4.69, 9.17) is 4.74 Å². The lowest BCUT2D eigenvalue weighted by Gasteiger charge is -2.04. The second kappa shape index (κ2) is 6.45. The highest BCUT2D eigenvalue weighted by Gasteiger charge is 2.16. The molecule has 0 amide bonds. The van der Waals surface area contributed by atoms with Crippen LogP contribution in [0, 0.1) is 21.4 Å². The molecule has 0 atom stereocenters. The number of aromatic nitrogens is 2. The number of nitro benzene ring substituents is 1. The smallest absolute Gasteiger partial charge is 0.311 e. The third-order valence-electron chi connectivity index (χ3n) is 3.86. The van der Waals surface area contributed by atoms with Crippen LogP contribution in [0.25, 0.3) is 22.7 Å². The molecule has 0 bridgehead atoms. The van der Waals surface area contributed by atoms with Crippen molar-refractivity contribution < 1.29 is 9.66 Å². The molecular formula is C18H14N4O3. The number of allylic oxidation sites excluding steroid dienone is 1. The lowest BCUT2D eigenvalue weighted by molar-refractivity contribution is -0.385. The first-order chi connectivity index (χ1) is 12.0. The predicted octanol–water partition coefficient (Wildman–Crippen LogP) is 3.55. The first-order valence-corrected chi connectivity index (χ1v) is 7.41. The summed E-state index contributed by atoms with van der Waals surface area (Å²) in [6.45, 7) is 0. The molecule has 3 aromatic rings. The van der Waals surface area contributed by atoms with Crippen molar-refractivity contribution in [2.24, 2.45) is 7.05 Å². The van der Waals surface area contributed by atoms with Crippen LogP contribution in [-0.4, -0.2) is 21.6 Å². The van der Waals surface area contributed by atoms with Gasteiger partial charge in [0.2, 0.25) is 0 Å². The van der Waals surface area contributed by atoms with Crippen molar-refractivity contribution in [1.29, 1.82) is 5.26 Å². The maximum absolute atomic E-state index is 11.2. The van der Waals surface area contributed by atoms with Gasteiger partial charge in [-0.1, -0.05) is 18.2 Å². The highest BCUT2D eigenvalue weighted by molar-refractivity contribution is 5.91. The molecule has 7 heteroatoms. The van der Waals surface area contributed by atoms with Gasteiger partial charge in [-0.15, -0.1) is 0 Å². The molecule has 2 aromatic carbocycles. The van der Waals surface area contributed by atoms with E-state index in [9.17, 15) is 15.4 Å². The lowest BCUT2D eigenvalue weighted by atomic mass is 10.1. The number of methoxy groups -OCH3 is 1. The Balaban J connectivity index is 2.12. The topological polar surface area (TPSA) is 94.0 Å². The molecule has 1 aromatic heterocycles. The molecule has 0 radical (unpaired) electrons. The molecule has 124 valence electrons. The minimum atomic E-state index is -0.517. The van der Waals surface area contributed by atoms with E-state index in [0.29, 0.717) is 17.0 Å². The van der Waals surface area contributed by atoms with Crippen LogP contribution in [0.3, 0.4) is 0 Å². The standard InChI is InChI=1S/C18H14N4O3/c1-21-15-6-4-3-5-14(15)20-18(21)13(11-19)9-12-7-8-17(25-2)16(10-12)22(23)24/h3-10H,1-2H3/b13-9+. The molecule has 3 rings (SSSR count). The van der Waals surface area contributed by atoms with Gasteiger partial charge in [0.15, 0.2) is 11.6 Å². The molecule has 0 aliphatic heterocycles. The van der Waals surface area contributed by atoms with Gasteiger partial charge in [0, 0.05) is 13.1 Å². The van der Waals surface area contributed by atoms with E-state index in [1.54, 1.807) is 12.1 Å². The van der Waals surface area contributed by atoms with E-state index < -0.39 is 4.92 Å². The Morgan fingerprint density at radius 2 is 2.12 bits per heavy atom. The second-order valence-corrected chi connectivity index (χ2v) is 5.34. The number of aryl methyl sites for hydroxylation is 1. The highest BCUT2D eigenvalue weighted by atomic mass is 16.6. The first kappa shape index (κ1) is 16.2. The summed E-state index contributed by atoms with van der Waals surface area (Å²) in [6, 6.07) is 14.2. The van der Waals surface area contributed by atoms with Crippen LogP contribution in [0.15, 0.2) is 42.5 Å². The Hall–Kier alpha value is -3.66. The fourth-order valence-corrected chi connectivity index (χ4v) is 2.64. The van der Waals surface area contributed by atoms with Crippen LogP contribution in [0.5, 0.6) is 5.75 Å². The molecule has 7 nitrogen and oxygen atoms in total. The van der Waals surface area contributed by atoms with Crippen molar-refractivity contribution >= 4 is 28.4 Å². The number of ether oxygens (including phenoxy) is 1. The zero-order chi connectivity index (χ0) is 18.0. The van der Waals surface area contributed by atoms with Gasteiger partial charge < -0.3 is 9.30 Å². The monoisotopic (exact) mass is 334 g/mol. The Morgan fingerprint density at radius 1 is 1.36 bits per heavy atom. The van der Waals surface area contributed by atoms with E-state index >= 15 is 0 Å². The average molecular weight is 334 g/mol. The zero-order valence-corrected chi connectivity index (χ0v) is 13.6. The van der Waals surface area contributed by atoms with Gasteiger partial charge >= 0.3 is 5.69 Å². The number of nitrogens with zero attached hydrogens (tertiary/aromatic N) is 4. The molecule has 0 saturated heterocycles. The van der Waals surface area contributed by atoms with E-state index in [1.807, 2.05) is 35.9 Å². The summed E-state index contributed by atoms with van der Waals surface area (Å²) >= 11 is 0. The van der Waals surface area contributed by atoms with Gasteiger partial charge in [-0.3, -0.25) is 10.1 Å². The summed E-state index contributed by atoms with van der Waals surface area (Å²) in [7, 11) is 3.20. The second-order valence-electron chi connectivity index (χ2n) is 5.34. The summed E-state index contributed by atoms with van der Waals surface area (Å²) in [6.07, 6.45) is 1.58. The largest absolute Gasteiger partial charge is 0.490 e. The lowest BCUT2D eigenvalue weighted by Crippen LogP contribution is -1.97. The molecule has 0 unspecified atom stereocenters. The number of rotatable bonds is 4. The highest BCUT2D eigenvalue weighted by Crippen LogP contribution is 2.29. The number of benzene rings is 2. The minimum Gasteiger partial charge on any atom is -0.490 e. The Labute approximate surface area is 143 Å². The number of nitro groups is 1. The first-order valence-electron chi connectivity index (χ1n) is 7.41. The fourth-order valence-electron chi connectivity index (χ4n) is 2.64. The van der Waals surface area contributed by atoms with Crippen molar-refractivity contribution in [3.05, 3.63) is 64.0 Å². The minimum absolute atomic E-state index is 0.154.